The maximum absolute atomic E-state index is 13.8. The lowest BCUT2D eigenvalue weighted by molar-refractivity contribution is 0.0713. The van der Waals surface area contributed by atoms with E-state index in [0.717, 1.165) is 25.9 Å². The number of halogens is 1. The maximum Gasteiger partial charge on any atom is 0.272 e. The van der Waals surface area contributed by atoms with Crippen molar-refractivity contribution in [3.63, 3.8) is 0 Å². The molecule has 0 spiro atoms. The third kappa shape index (κ3) is 2.68. The highest BCUT2D eigenvalue weighted by Crippen LogP contribution is 2.23. The molecule has 0 N–H and O–H groups in total. The summed E-state index contributed by atoms with van der Waals surface area (Å²) in [5.41, 5.74) is 1.43. The largest absolute Gasteiger partial charge is 0.337 e. The average Bonchev–Trinajstić information content (AvgIpc) is 2.89. The van der Waals surface area contributed by atoms with Crippen LogP contribution in [0.5, 0.6) is 0 Å². The molecule has 3 rings (SSSR count). The third-order valence-corrected chi connectivity index (χ3v) is 3.89. The minimum Gasteiger partial charge on any atom is -0.337 e. The molecule has 4 nitrogen and oxygen atoms in total. The van der Waals surface area contributed by atoms with Crippen molar-refractivity contribution in [2.45, 2.75) is 19.3 Å². The number of aryl methyl sites for hydroxylation is 1. The van der Waals surface area contributed by atoms with E-state index in [1.165, 1.54) is 12.5 Å². The molecule has 0 unspecified atom stereocenters. The molecular formula is C16H18FN3O. The smallest absolute Gasteiger partial charge is 0.272 e. The number of hydrogen-bond acceptors (Lipinski definition) is 2. The molecule has 2 aromatic rings. The predicted molar refractivity (Wildman–Crippen MR) is 78.4 cm³/mol. The number of carbonyl (C=O) groups is 1. The summed E-state index contributed by atoms with van der Waals surface area (Å²) >= 11 is 0. The lowest BCUT2D eigenvalue weighted by atomic mass is 10.1. The normalized spacial score (nSPS) is 15.2. The highest BCUT2D eigenvalue weighted by Gasteiger charge is 2.22. The van der Waals surface area contributed by atoms with Crippen molar-refractivity contribution in [2.24, 2.45) is 7.05 Å². The SMILES string of the molecule is Cn1nc(-c2ccccc2F)cc1C(=O)N1CCCCC1. The molecular weight excluding hydrogens is 269 g/mol. The molecule has 1 aromatic heterocycles. The zero-order chi connectivity index (χ0) is 14.8. The molecule has 21 heavy (non-hydrogen) atoms. The van der Waals surface area contributed by atoms with Gasteiger partial charge in [-0.05, 0) is 37.5 Å². The standard InChI is InChI=1S/C16H18FN3O/c1-19-15(16(21)20-9-5-2-6-10-20)11-14(18-19)12-7-3-4-8-13(12)17/h3-4,7-8,11H,2,5-6,9-10H2,1H3. The van der Waals surface area contributed by atoms with E-state index in [0.29, 0.717) is 17.0 Å². The van der Waals surface area contributed by atoms with Gasteiger partial charge in [-0.3, -0.25) is 9.48 Å². The predicted octanol–water partition coefficient (Wildman–Crippen LogP) is 2.85. The molecule has 0 bridgehead atoms. The highest BCUT2D eigenvalue weighted by atomic mass is 19.1. The first kappa shape index (κ1) is 13.8. The Hall–Kier alpha value is -2.17. The van der Waals surface area contributed by atoms with Crippen LogP contribution in [-0.4, -0.2) is 33.7 Å². The van der Waals surface area contributed by atoms with Crippen LogP contribution in [0.15, 0.2) is 30.3 Å². The third-order valence-electron chi connectivity index (χ3n) is 3.89. The summed E-state index contributed by atoms with van der Waals surface area (Å²) in [5.74, 6) is -0.347. The van der Waals surface area contributed by atoms with Gasteiger partial charge < -0.3 is 4.90 Å². The van der Waals surface area contributed by atoms with Gasteiger partial charge in [0.05, 0.1) is 5.69 Å². The van der Waals surface area contributed by atoms with Crippen LogP contribution in [0.3, 0.4) is 0 Å². The van der Waals surface area contributed by atoms with Gasteiger partial charge in [-0.2, -0.15) is 5.10 Å². The van der Waals surface area contributed by atoms with Gasteiger partial charge in [0.25, 0.3) is 5.91 Å². The second-order valence-corrected chi connectivity index (χ2v) is 5.37. The quantitative estimate of drug-likeness (QED) is 0.852. The van der Waals surface area contributed by atoms with Crippen LogP contribution in [0, 0.1) is 5.82 Å². The van der Waals surface area contributed by atoms with Crippen molar-refractivity contribution in [2.75, 3.05) is 13.1 Å². The topological polar surface area (TPSA) is 38.1 Å². The fourth-order valence-corrected chi connectivity index (χ4v) is 2.73. The number of likely N-dealkylation sites (tertiary alicyclic amines) is 1. The monoisotopic (exact) mass is 287 g/mol. The van der Waals surface area contributed by atoms with E-state index in [1.54, 1.807) is 36.0 Å². The van der Waals surface area contributed by atoms with Crippen molar-refractivity contribution in [1.29, 1.82) is 0 Å². The molecule has 0 radical (unpaired) electrons. The van der Waals surface area contributed by atoms with Crippen molar-refractivity contribution in [1.82, 2.24) is 14.7 Å². The average molecular weight is 287 g/mol. The molecule has 5 heteroatoms. The van der Waals surface area contributed by atoms with Crippen molar-refractivity contribution < 1.29 is 9.18 Å². The summed E-state index contributed by atoms with van der Waals surface area (Å²) in [5, 5.41) is 4.29. The van der Waals surface area contributed by atoms with E-state index in [4.69, 9.17) is 0 Å². The van der Waals surface area contributed by atoms with Crippen molar-refractivity contribution >= 4 is 5.91 Å². The Labute approximate surface area is 123 Å². The summed E-state index contributed by atoms with van der Waals surface area (Å²) in [6.45, 7) is 1.58. The van der Waals surface area contributed by atoms with Crippen molar-refractivity contribution in [3.8, 4) is 11.3 Å². The zero-order valence-electron chi connectivity index (χ0n) is 12.1. The molecule has 1 amide bonds. The molecule has 1 fully saturated rings. The minimum absolute atomic E-state index is 0.0210. The molecule has 0 saturated carbocycles. The van der Waals surface area contributed by atoms with Gasteiger partial charge in [0.2, 0.25) is 0 Å². The molecule has 110 valence electrons. The summed E-state index contributed by atoms with van der Waals surface area (Å²) in [7, 11) is 1.72. The van der Waals surface area contributed by atoms with Crippen molar-refractivity contribution in [3.05, 3.63) is 41.8 Å². The Balaban J connectivity index is 1.91. The van der Waals surface area contributed by atoms with Crippen LogP contribution in [0.25, 0.3) is 11.3 Å². The molecule has 1 aliphatic rings. The number of nitrogens with zero attached hydrogens (tertiary/aromatic N) is 3. The number of piperidine rings is 1. The summed E-state index contributed by atoms with van der Waals surface area (Å²) in [6.07, 6.45) is 3.27. The van der Waals surface area contributed by atoms with Gasteiger partial charge in [0.15, 0.2) is 0 Å². The lowest BCUT2D eigenvalue weighted by Crippen LogP contribution is -2.36. The first-order valence-corrected chi connectivity index (χ1v) is 7.25. The Bertz CT molecular complexity index is 659. The van der Waals surface area contributed by atoms with Gasteiger partial charge >= 0.3 is 0 Å². The second kappa shape index (κ2) is 5.68. The summed E-state index contributed by atoms with van der Waals surface area (Å²) < 4.78 is 15.4. The van der Waals surface area contributed by atoms with Gasteiger partial charge in [0.1, 0.15) is 11.5 Å². The number of amides is 1. The van der Waals surface area contributed by atoms with Gasteiger partial charge in [-0.15, -0.1) is 0 Å². The Morgan fingerprint density at radius 1 is 1.19 bits per heavy atom. The molecule has 0 atom stereocenters. The number of carbonyl (C=O) groups excluding carboxylic acids is 1. The summed E-state index contributed by atoms with van der Waals surface area (Å²) in [6, 6.07) is 8.15. The van der Waals surface area contributed by atoms with Crippen LogP contribution in [0.4, 0.5) is 4.39 Å². The Morgan fingerprint density at radius 2 is 1.90 bits per heavy atom. The maximum atomic E-state index is 13.8. The summed E-state index contributed by atoms with van der Waals surface area (Å²) in [4.78, 5) is 14.4. The van der Waals surface area contributed by atoms with Crippen LogP contribution < -0.4 is 0 Å². The van der Waals surface area contributed by atoms with Gasteiger partial charge in [-0.1, -0.05) is 12.1 Å². The van der Waals surface area contributed by atoms with E-state index in [9.17, 15) is 9.18 Å². The van der Waals surface area contributed by atoms with Crippen LogP contribution in [-0.2, 0) is 7.05 Å². The van der Waals surface area contributed by atoms with Crippen LogP contribution in [0.2, 0.25) is 0 Å². The highest BCUT2D eigenvalue weighted by molar-refractivity contribution is 5.93. The Kier molecular flexibility index (Phi) is 3.73. The second-order valence-electron chi connectivity index (χ2n) is 5.37. The number of aromatic nitrogens is 2. The number of benzene rings is 1. The molecule has 1 aliphatic heterocycles. The Morgan fingerprint density at radius 3 is 2.62 bits per heavy atom. The van der Waals surface area contributed by atoms with E-state index < -0.39 is 0 Å². The van der Waals surface area contributed by atoms with E-state index >= 15 is 0 Å². The first-order chi connectivity index (χ1) is 10.2. The van der Waals surface area contributed by atoms with Crippen LogP contribution in [0.1, 0.15) is 29.8 Å². The molecule has 2 heterocycles. The fraction of sp³-hybridized carbons (Fsp3) is 0.375. The molecule has 0 aliphatic carbocycles. The lowest BCUT2D eigenvalue weighted by Gasteiger charge is -2.26. The van der Waals surface area contributed by atoms with E-state index in [-0.39, 0.29) is 11.7 Å². The molecule has 1 saturated heterocycles. The fourth-order valence-electron chi connectivity index (χ4n) is 2.73. The number of rotatable bonds is 2. The molecule has 1 aromatic carbocycles. The van der Waals surface area contributed by atoms with Gasteiger partial charge in [-0.25, -0.2) is 4.39 Å². The zero-order valence-corrected chi connectivity index (χ0v) is 12.1. The van der Waals surface area contributed by atoms with Crippen LogP contribution >= 0.6 is 0 Å². The first-order valence-electron chi connectivity index (χ1n) is 7.25. The van der Waals surface area contributed by atoms with E-state index in [2.05, 4.69) is 5.10 Å². The van der Waals surface area contributed by atoms with Gasteiger partial charge in [0, 0.05) is 25.7 Å². The minimum atomic E-state index is -0.326. The van der Waals surface area contributed by atoms with E-state index in [1.807, 2.05) is 4.90 Å². The number of hydrogen-bond donors (Lipinski definition) is 0.